The van der Waals surface area contributed by atoms with E-state index in [-0.39, 0.29) is 31.1 Å². The van der Waals surface area contributed by atoms with Crippen LogP contribution in [0.2, 0.25) is 0 Å². The molecule has 5 heteroatoms. The van der Waals surface area contributed by atoms with E-state index in [0.717, 1.165) is 23.2 Å². The molecule has 2 rings (SSSR count). The molecule has 1 N–H and O–H groups in total. The maximum atomic E-state index is 12.0. The zero-order chi connectivity index (χ0) is 19.6. The van der Waals surface area contributed by atoms with Crippen molar-refractivity contribution in [1.29, 1.82) is 0 Å². The average molecular weight is 367 g/mol. The molecule has 0 spiro atoms. The molecule has 142 valence electrons. The topological polar surface area (TPSA) is 72.5 Å². The molecule has 0 aliphatic heterocycles. The Hall–Kier alpha value is -2.95. The number of carbonyl (C=O) groups excluding carboxylic acids is 3. The zero-order valence-electron chi connectivity index (χ0n) is 15.8. The number of esters is 1. The smallest absolute Gasteiger partial charge is 0.306 e. The van der Waals surface area contributed by atoms with Gasteiger partial charge in [-0.1, -0.05) is 55.0 Å². The van der Waals surface area contributed by atoms with Gasteiger partial charge in [-0.25, -0.2) is 0 Å². The number of amides is 1. The second kappa shape index (κ2) is 10.3. The van der Waals surface area contributed by atoms with Crippen molar-refractivity contribution in [3.05, 3.63) is 65.2 Å². The molecule has 0 aromatic heterocycles. The number of hydrogen-bond acceptors (Lipinski definition) is 4. The Labute approximate surface area is 159 Å². The molecular weight excluding hydrogens is 342 g/mol. The van der Waals surface area contributed by atoms with E-state index in [4.69, 9.17) is 4.74 Å². The monoisotopic (exact) mass is 367 g/mol. The van der Waals surface area contributed by atoms with Crippen molar-refractivity contribution in [2.45, 2.75) is 39.5 Å². The summed E-state index contributed by atoms with van der Waals surface area (Å²) in [7, 11) is 0. The second-order valence-electron chi connectivity index (χ2n) is 6.36. The highest BCUT2D eigenvalue weighted by atomic mass is 16.5. The number of ketones is 1. The van der Waals surface area contributed by atoms with Gasteiger partial charge in [0.1, 0.15) is 0 Å². The van der Waals surface area contributed by atoms with Crippen LogP contribution < -0.4 is 5.32 Å². The van der Waals surface area contributed by atoms with Gasteiger partial charge in [-0.15, -0.1) is 0 Å². The summed E-state index contributed by atoms with van der Waals surface area (Å²) >= 11 is 0. The molecule has 0 radical (unpaired) electrons. The molecule has 27 heavy (non-hydrogen) atoms. The van der Waals surface area contributed by atoms with Gasteiger partial charge in [0.05, 0.1) is 0 Å². The van der Waals surface area contributed by atoms with E-state index in [1.54, 1.807) is 12.1 Å². The molecule has 0 aliphatic carbocycles. The van der Waals surface area contributed by atoms with Crippen LogP contribution in [0, 0.1) is 6.92 Å². The van der Waals surface area contributed by atoms with E-state index in [9.17, 15) is 14.4 Å². The Bertz CT molecular complexity index is 796. The fourth-order valence-electron chi connectivity index (χ4n) is 2.60. The van der Waals surface area contributed by atoms with Gasteiger partial charge in [0.15, 0.2) is 12.4 Å². The van der Waals surface area contributed by atoms with Crippen LogP contribution in [0.5, 0.6) is 0 Å². The third-order valence-electron chi connectivity index (χ3n) is 4.19. The van der Waals surface area contributed by atoms with E-state index in [1.165, 1.54) is 0 Å². The average Bonchev–Trinajstić information content (AvgIpc) is 2.67. The maximum absolute atomic E-state index is 12.0. The summed E-state index contributed by atoms with van der Waals surface area (Å²) in [4.78, 5) is 35.8. The maximum Gasteiger partial charge on any atom is 0.306 e. The number of Topliss-reactive ketones (excluding diaryl/α,β-unsaturated/α-hetero) is 1. The Morgan fingerprint density at radius 1 is 0.963 bits per heavy atom. The molecule has 0 aliphatic rings. The molecule has 2 aromatic carbocycles. The van der Waals surface area contributed by atoms with Crippen LogP contribution in [0.3, 0.4) is 0 Å². The van der Waals surface area contributed by atoms with Crippen molar-refractivity contribution in [3.8, 4) is 0 Å². The minimum Gasteiger partial charge on any atom is -0.457 e. The molecule has 0 heterocycles. The summed E-state index contributed by atoms with van der Waals surface area (Å²) in [5.41, 5.74) is 3.45. The van der Waals surface area contributed by atoms with Crippen molar-refractivity contribution < 1.29 is 19.1 Å². The lowest BCUT2D eigenvalue weighted by atomic mass is 10.1. The first-order valence-corrected chi connectivity index (χ1v) is 9.13. The van der Waals surface area contributed by atoms with E-state index in [0.29, 0.717) is 12.0 Å². The van der Waals surface area contributed by atoms with Crippen LogP contribution in [-0.4, -0.2) is 24.3 Å². The van der Waals surface area contributed by atoms with E-state index in [1.807, 2.05) is 50.2 Å². The fourth-order valence-corrected chi connectivity index (χ4v) is 2.60. The largest absolute Gasteiger partial charge is 0.457 e. The number of aryl methyl sites for hydroxylation is 2. The molecule has 0 unspecified atom stereocenters. The minimum atomic E-state index is -0.475. The lowest BCUT2D eigenvalue weighted by Crippen LogP contribution is -2.16. The number of hydrogen-bond donors (Lipinski definition) is 1. The predicted octanol–water partition coefficient (Wildman–Crippen LogP) is 4.09. The molecule has 0 atom stereocenters. The number of anilines is 1. The van der Waals surface area contributed by atoms with Gasteiger partial charge in [0.2, 0.25) is 5.91 Å². The minimum absolute atomic E-state index is 0.101. The van der Waals surface area contributed by atoms with Gasteiger partial charge < -0.3 is 10.1 Å². The molecule has 5 nitrogen and oxygen atoms in total. The van der Waals surface area contributed by atoms with E-state index >= 15 is 0 Å². The van der Waals surface area contributed by atoms with Crippen molar-refractivity contribution in [2.24, 2.45) is 0 Å². The summed E-state index contributed by atoms with van der Waals surface area (Å²) in [6.07, 6.45) is 1.53. The molecule has 0 saturated carbocycles. The number of rotatable bonds is 9. The van der Waals surface area contributed by atoms with Crippen LogP contribution in [0.4, 0.5) is 5.69 Å². The SMILES string of the molecule is CCc1ccccc1NC(=O)CCCC(=O)OCC(=O)c1ccc(C)cc1. The van der Waals surface area contributed by atoms with E-state index < -0.39 is 5.97 Å². The van der Waals surface area contributed by atoms with Crippen molar-refractivity contribution in [1.82, 2.24) is 0 Å². The zero-order valence-corrected chi connectivity index (χ0v) is 15.8. The highest BCUT2D eigenvalue weighted by Gasteiger charge is 2.11. The number of ether oxygens (including phenoxy) is 1. The molecule has 0 fully saturated rings. The van der Waals surface area contributed by atoms with Crippen LogP contribution in [0.1, 0.15) is 47.7 Å². The lowest BCUT2D eigenvalue weighted by molar-refractivity contribution is -0.142. The molecule has 0 bridgehead atoms. The highest BCUT2D eigenvalue weighted by Crippen LogP contribution is 2.16. The lowest BCUT2D eigenvalue weighted by Gasteiger charge is -2.09. The number of nitrogens with one attached hydrogen (secondary N) is 1. The van der Waals surface area contributed by atoms with Crippen LogP contribution >= 0.6 is 0 Å². The Kier molecular flexibility index (Phi) is 7.74. The number of benzene rings is 2. The van der Waals surface area contributed by atoms with Crippen molar-refractivity contribution in [2.75, 3.05) is 11.9 Å². The Morgan fingerprint density at radius 2 is 1.67 bits per heavy atom. The van der Waals surface area contributed by atoms with Crippen molar-refractivity contribution >= 4 is 23.3 Å². The molecule has 0 saturated heterocycles. The van der Waals surface area contributed by atoms with Gasteiger partial charge in [-0.2, -0.15) is 0 Å². The second-order valence-corrected chi connectivity index (χ2v) is 6.36. The summed E-state index contributed by atoms with van der Waals surface area (Å²) in [6.45, 7) is 3.68. The number of para-hydroxylation sites is 1. The Balaban J connectivity index is 1.68. The predicted molar refractivity (Wildman–Crippen MR) is 105 cm³/mol. The van der Waals surface area contributed by atoms with Gasteiger partial charge in [0.25, 0.3) is 0 Å². The standard InChI is InChI=1S/C22H25NO4/c1-3-17-7-4-5-8-19(17)23-21(25)9-6-10-22(26)27-15-20(24)18-13-11-16(2)12-14-18/h4-5,7-8,11-14H,3,6,9-10,15H2,1-2H3,(H,23,25). The van der Waals surface area contributed by atoms with E-state index in [2.05, 4.69) is 5.32 Å². The van der Waals surface area contributed by atoms with Gasteiger partial charge in [-0.05, 0) is 31.4 Å². The van der Waals surface area contributed by atoms with Crippen LogP contribution in [0.15, 0.2) is 48.5 Å². The summed E-state index contributed by atoms with van der Waals surface area (Å²) < 4.78 is 5.00. The van der Waals surface area contributed by atoms with Gasteiger partial charge in [-0.3, -0.25) is 14.4 Å². The molecule has 2 aromatic rings. The summed E-state index contributed by atoms with van der Waals surface area (Å²) in [5.74, 6) is -0.853. The third kappa shape index (κ3) is 6.70. The number of carbonyl (C=O) groups is 3. The Morgan fingerprint density at radius 3 is 2.37 bits per heavy atom. The summed E-state index contributed by atoms with van der Waals surface area (Å²) in [6, 6.07) is 14.7. The quantitative estimate of drug-likeness (QED) is 0.535. The first kappa shape index (κ1) is 20.4. The van der Waals surface area contributed by atoms with Gasteiger partial charge in [0, 0.05) is 24.1 Å². The molecule has 1 amide bonds. The van der Waals surface area contributed by atoms with Crippen LogP contribution in [0.25, 0.3) is 0 Å². The van der Waals surface area contributed by atoms with Crippen LogP contribution in [-0.2, 0) is 20.7 Å². The highest BCUT2D eigenvalue weighted by molar-refractivity contribution is 5.98. The third-order valence-corrected chi connectivity index (χ3v) is 4.19. The fraction of sp³-hybridized carbons (Fsp3) is 0.318. The first-order valence-electron chi connectivity index (χ1n) is 9.13. The normalized spacial score (nSPS) is 10.3. The first-order chi connectivity index (χ1) is 13.0. The van der Waals surface area contributed by atoms with Crippen molar-refractivity contribution in [3.63, 3.8) is 0 Å². The molecular formula is C22H25NO4. The van der Waals surface area contributed by atoms with Gasteiger partial charge >= 0.3 is 5.97 Å². The summed E-state index contributed by atoms with van der Waals surface area (Å²) in [5, 5.41) is 2.87.